The van der Waals surface area contributed by atoms with Gasteiger partial charge in [-0.1, -0.05) is 13.8 Å². The number of aliphatic hydroxyl groups excluding tert-OH is 1. The topological polar surface area (TPSA) is 59.3 Å². The van der Waals surface area contributed by atoms with E-state index in [1.54, 1.807) is 0 Å². The van der Waals surface area contributed by atoms with Gasteiger partial charge in [0.15, 0.2) is 5.82 Å². The molecule has 0 spiro atoms. The van der Waals surface area contributed by atoms with Crippen LogP contribution in [0, 0.1) is 31.4 Å². The van der Waals surface area contributed by atoms with Crippen LogP contribution in [0.5, 0.6) is 0 Å². The lowest BCUT2D eigenvalue weighted by molar-refractivity contribution is 0.0260. The highest BCUT2D eigenvalue weighted by atomic mass is 19.1. The molecule has 7 heteroatoms. The summed E-state index contributed by atoms with van der Waals surface area (Å²) in [4.78, 5) is 0. The number of aromatic nitrogens is 2. The van der Waals surface area contributed by atoms with E-state index in [0.717, 1.165) is 23.0 Å². The van der Waals surface area contributed by atoms with Crippen molar-refractivity contribution in [2.75, 3.05) is 19.8 Å². The van der Waals surface area contributed by atoms with Gasteiger partial charge >= 0.3 is 0 Å². The average molecular weight is 367 g/mol. The summed E-state index contributed by atoms with van der Waals surface area (Å²) in [5.41, 5.74) is 2.65. The molecule has 144 valence electrons. The second-order valence-corrected chi connectivity index (χ2v) is 6.87. The van der Waals surface area contributed by atoms with E-state index in [9.17, 15) is 13.9 Å². The Morgan fingerprint density at radius 3 is 2.62 bits per heavy atom. The molecule has 0 aliphatic rings. The molecule has 1 aromatic heterocycles. The lowest BCUT2D eigenvalue weighted by Crippen LogP contribution is -2.30. The summed E-state index contributed by atoms with van der Waals surface area (Å²) >= 11 is 0. The molecule has 1 aromatic carbocycles. The number of hydrogen-bond acceptors (Lipinski definition) is 4. The summed E-state index contributed by atoms with van der Waals surface area (Å²) in [7, 11) is 0. The van der Waals surface area contributed by atoms with Gasteiger partial charge in [-0.2, -0.15) is 5.10 Å². The van der Waals surface area contributed by atoms with E-state index in [1.807, 2.05) is 13.8 Å². The molecule has 0 fully saturated rings. The summed E-state index contributed by atoms with van der Waals surface area (Å²) in [6.07, 6.45) is -0.598. The van der Waals surface area contributed by atoms with Gasteiger partial charge in [0.25, 0.3) is 0 Å². The Bertz CT molecular complexity index is 732. The van der Waals surface area contributed by atoms with E-state index in [1.165, 1.54) is 16.8 Å². The van der Waals surface area contributed by atoms with Crippen LogP contribution in [0.15, 0.2) is 18.2 Å². The molecular formula is C19H27F2N3O2. The average Bonchev–Trinajstić information content (AvgIpc) is 2.82. The summed E-state index contributed by atoms with van der Waals surface area (Å²) in [6, 6.07) is 3.43. The Morgan fingerprint density at radius 2 is 1.96 bits per heavy atom. The first-order valence-electron chi connectivity index (χ1n) is 8.76. The third kappa shape index (κ3) is 5.33. The molecule has 0 amide bonds. The van der Waals surface area contributed by atoms with Crippen molar-refractivity contribution in [3.63, 3.8) is 0 Å². The van der Waals surface area contributed by atoms with Crippen LogP contribution in [0.2, 0.25) is 0 Å². The lowest BCUT2D eigenvalue weighted by atomic mass is 10.2. The van der Waals surface area contributed by atoms with Gasteiger partial charge in [-0.05, 0) is 31.9 Å². The Hall–Kier alpha value is -1.83. The molecule has 26 heavy (non-hydrogen) atoms. The number of halogens is 2. The largest absolute Gasteiger partial charge is 0.389 e. The van der Waals surface area contributed by atoms with Crippen LogP contribution in [0.25, 0.3) is 5.69 Å². The van der Waals surface area contributed by atoms with Gasteiger partial charge in [0.2, 0.25) is 0 Å². The van der Waals surface area contributed by atoms with Gasteiger partial charge in [-0.25, -0.2) is 13.5 Å². The highest BCUT2D eigenvalue weighted by Gasteiger charge is 2.16. The normalized spacial score (nSPS) is 12.8. The fraction of sp³-hybridized carbons (Fsp3) is 0.526. The van der Waals surface area contributed by atoms with Crippen molar-refractivity contribution >= 4 is 0 Å². The SMILES string of the molecule is Cc1nn(-c2ccc(F)cc2F)c(C)c1CNCC(O)COCC(C)C. The van der Waals surface area contributed by atoms with Crippen molar-refractivity contribution in [2.45, 2.75) is 40.3 Å². The van der Waals surface area contributed by atoms with E-state index >= 15 is 0 Å². The van der Waals surface area contributed by atoms with Gasteiger partial charge in [-0.3, -0.25) is 0 Å². The zero-order chi connectivity index (χ0) is 19.3. The fourth-order valence-electron chi connectivity index (χ4n) is 2.68. The molecule has 1 heterocycles. The predicted octanol–water partition coefficient (Wildman–Crippen LogP) is 2.89. The van der Waals surface area contributed by atoms with Crippen LogP contribution < -0.4 is 5.32 Å². The standard InChI is InChI=1S/C19H27F2N3O2/c1-12(2)10-26-11-16(25)8-22-9-17-13(3)23-24(14(17)4)19-6-5-15(20)7-18(19)21/h5-7,12,16,22,25H,8-11H2,1-4H3. The van der Waals surface area contributed by atoms with E-state index in [2.05, 4.69) is 24.3 Å². The summed E-state index contributed by atoms with van der Waals surface area (Å²) in [6.45, 7) is 9.55. The molecule has 0 bridgehead atoms. The van der Waals surface area contributed by atoms with E-state index in [0.29, 0.717) is 25.6 Å². The Morgan fingerprint density at radius 1 is 1.23 bits per heavy atom. The van der Waals surface area contributed by atoms with Crippen LogP contribution in [0.1, 0.15) is 30.8 Å². The van der Waals surface area contributed by atoms with Crippen molar-refractivity contribution in [3.05, 3.63) is 46.8 Å². The van der Waals surface area contributed by atoms with Gasteiger partial charge in [0.1, 0.15) is 11.5 Å². The number of rotatable bonds is 9. The smallest absolute Gasteiger partial charge is 0.151 e. The molecule has 2 rings (SSSR count). The van der Waals surface area contributed by atoms with Crippen LogP contribution >= 0.6 is 0 Å². The second-order valence-electron chi connectivity index (χ2n) is 6.87. The molecule has 1 unspecified atom stereocenters. The summed E-state index contributed by atoms with van der Waals surface area (Å²) < 4.78 is 34.0. The maximum atomic E-state index is 14.0. The van der Waals surface area contributed by atoms with Crippen LogP contribution in [0.3, 0.4) is 0 Å². The van der Waals surface area contributed by atoms with Crippen molar-refractivity contribution in [1.82, 2.24) is 15.1 Å². The van der Waals surface area contributed by atoms with Crippen molar-refractivity contribution in [1.29, 1.82) is 0 Å². The zero-order valence-corrected chi connectivity index (χ0v) is 15.7. The van der Waals surface area contributed by atoms with Crippen LogP contribution in [-0.4, -0.2) is 40.7 Å². The van der Waals surface area contributed by atoms with Gasteiger partial charge in [0.05, 0.1) is 18.4 Å². The fourth-order valence-corrected chi connectivity index (χ4v) is 2.68. The third-order valence-corrected chi connectivity index (χ3v) is 4.02. The van der Waals surface area contributed by atoms with Crippen molar-refractivity contribution in [3.8, 4) is 5.69 Å². The number of aliphatic hydroxyl groups is 1. The number of nitrogens with one attached hydrogen (secondary N) is 1. The highest BCUT2D eigenvalue weighted by Crippen LogP contribution is 2.20. The van der Waals surface area contributed by atoms with Crippen LogP contribution in [0.4, 0.5) is 8.78 Å². The molecule has 2 aromatic rings. The molecule has 1 atom stereocenters. The van der Waals surface area contributed by atoms with Gasteiger partial charge < -0.3 is 15.2 Å². The number of aryl methyl sites for hydroxylation is 1. The van der Waals surface area contributed by atoms with Crippen molar-refractivity contribution < 1.29 is 18.6 Å². The summed E-state index contributed by atoms with van der Waals surface area (Å²) in [5.74, 6) is -0.852. The molecule has 5 nitrogen and oxygen atoms in total. The minimum atomic E-state index is -0.659. The molecule has 0 aliphatic heterocycles. The molecule has 2 N–H and O–H groups in total. The first kappa shape index (κ1) is 20.5. The minimum absolute atomic E-state index is 0.209. The number of nitrogens with zero attached hydrogens (tertiary/aromatic N) is 2. The molecule has 0 saturated heterocycles. The zero-order valence-electron chi connectivity index (χ0n) is 15.7. The highest BCUT2D eigenvalue weighted by molar-refractivity contribution is 5.38. The lowest BCUT2D eigenvalue weighted by Gasteiger charge is -2.13. The Balaban J connectivity index is 1.98. The first-order valence-corrected chi connectivity index (χ1v) is 8.76. The molecular weight excluding hydrogens is 340 g/mol. The monoisotopic (exact) mass is 367 g/mol. The van der Waals surface area contributed by atoms with E-state index < -0.39 is 17.7 Å². The molecule has 0 radical (unpaired) electrons. The van der Waals surface area contributed by atoms with Gasteiger partial charge in [-0.15, -0.1) is 0 Å². The number of hydrogen-bond donors (Lipinski definition) is 2. The first-order chi connectivity index (χ1) is 12.3. The Labute approximate surface area is 153 Å². The Kier molecular flexibility index (Phi) is 7.25. The maximum Gasteiger partial charge on any atom is 0.151 e. The van der Waals surface area contributed by atoms with Crippen molar-refractivity contribution in [2.24, 2.45) is 5.92 Å². The molecule has 0 aliphatic carbocycles. The quantitative estimate of drug-likeness (QED) is 0.716. The predicted molar refractivity (Wildman–Crippen MR) is 96.3 cm³/mol. The number of benzene rings is 1. The third-order valence-electron chi connectivity index (χ3n) is 4.02. The minimum Gasteiger partial charge on any atom is -0.389 e. The number of ether oxygens (including phenoxy) is 1. The summed E-state index contributed by atoms with van der Waals surface area (Å²) in [5, 5.41) is 17.5. The second kappa shape index (κ2) is 9.21. The van der Waals surface area contributed by atoms with Gasteiger partial charge in [0, 0.05) is 37.0 Å². The van der Waals surface area contributed by atoms with E-state index in [4.69, 9.17) is 4.74 Å². The maximum absolute atomic E-state index is 14.0. The van der Waals surface area contributed by atoms with Crippen LogP contribution in [-0.2, 0) is 11.3 Å². The van der Waals surface area contributed by atoms with E-state index in [-0.39, 0.29) is 12.3 Å². The molecule has 0 saturated carbocycles.